The molecule has 2 aromatic rings. The van der Waals surface area contributed by atoms with Gasteiger partial charge in [0.05, 0.1) is 5.75 Å². The van der Waals surface area contributed by atoms with Crippen LogP contribution in [0.5, 0.6) is 5.75 Å². The fourth-order valence-corrected chi connectivity index (χ4v) is 2.47. The van der Waals surface area contributed by atoms with Crippen molar-refractivity contribution < 1.29 is 18.7 Å². The third-order valence-electron chi connectivity index (χ3n) is 2.95. The molecule has 126 valence electrons. The molecule has 0 bridgehead atoms. The van der Waals surface area contributed by atoms with E-state index < -0.39 is 17.9 Å². The lowest BCUT2D eigenvalue weighted by atomic mass is 10.3. The summed E-state index contributed by atoms with van der Waals surface area (Å²) in [4.78, 5) is 23.9. The van der Waals surface area contributed by atoms with Crippen molar-refractivity contribution in [2.24, 2.45) is 0 Å². The summed E-state index contributed by atoms with van der Waals surface area (Å²) in [7, 11) is 0. The molecule has 0 saturated heterocycles. The van der Waals surface area contributed by atoms with Crippen LogP contribution >= 0.6 is 11.8 Å². The molecule has 24 heavy (non-hydrogen) atoms. The van der Waals surface area contributed by atoms with Gasteiger partial charge in [0.15, 0.2) is 6.10 Å². The second kappa shape index (κ2) is 8.93. The molecular formula is C17H17FN2O3S. The van der Waals surface area contributed by atoms with Crippen molar-refractivity contribution in [1.29, 1.82) is 0 Å². The van der Waals surface area contributed by atoms with Crippen LogP contribution in [0, 0.1) is 5.82 Å². The second-order valence-corrected chi connectivity index (χ2v) is 5.85. The molecule has 0 aliphatic carbocycles. The fourth-order valence-electron chi connectivity index (χ4n) is 1.73. The van der Waals surface area contributed by atoms with E-state index in [-0.39, 0.29) is 11.6 Å². The van der Waals surface area contributed by atoms with Crippen molar-refractivity contribution in [1.82, 2.24) is 10.9 Å². The van der Waals surface area contributed by atoms with Gasteiger partial charge in [-0.25, -0.2) is 4.39 Å². The molecule has 0 heterocycles. The van der Waals surface area contributed by atoms with Crippen LogP contribution in [0.1, 0.15) is 6.92 Å². The average molecular weight is 348 g/mol. The third-order valence-corrected chi connectivity index (χ3v) is 3.99. The zero-order valence-corrected chi connectivity index (χ0v) is 13.8. The molecule has 2 amide bonds. The molecule has 2 rings (SSSR count). The van der Waals surface area contributed by atoms with Gasteiger partial charge in [-0.15, -0.1) is 11.8 Å². The molecule has 0 aromatic heterocycles. The lowest BCUT2D eigenvalue weighted by Crippen LogP contribution is -2.47. The minimum absolute atomic E-state index is 0.0187. The van der Waals surface area contributed by atoms with E-state index in [9.17, 15) is 14.0 Å². The highest BCUT2D eigenvalue weighted by atomic mass is 32.2. The number of thioether (sulfide) groups is 1. The van der Waals surface area contributed by atoms with Crippen LogP contribution in [0.2, 0.25) is 0 Å². The van der Waals surface area contributed by atoms with Gasteiger partial charge < -0.3 is 4.74 Å². The molecule has 0 spiro atoms. The molecule has 2 aromatic carbocycles. The van der Waals surface area contributed by atoms with E-state index in [0.717, 1.165) is 11.8 Å². The standard InChI is InChI=1S/C17H17FN2O3S/c1-12(23-13-7-3-2-4-8-13)17(22)20-19-16(21)11-24-15-10-6-5-9-14(15)18/h2-10,12H,11H2,1H3,(H,19,21)(H,20,22). The Kier molecular flexibility index (Phi) is 6.62. The first kappa shape index (κ1) is 17.8. The van der Waals surface area contributed by atoms with E-state index in [1.54, 1.807) is 49.4 Å². The Morgan fingerprint density at radius 1 is 1.08 bits per heavy atom. The summed E-state index contributed by atoms with van der Waals surface area (Å²) in [5, 5.41) is 0. The summed E-state index contributed by atoms with van der Waals surface area (Å²) in [5.74, 6) is -0.771. The number of nitrogens with one attached hydrogen (secondary N) is 2. The van der Waals surface area contributed by atoms with E-state index in [1.165, 1.54) is 6.07 Å². The first-order valence-corrected chi connectivity index (χ1v) is 8.22. The topological polar surface area (TPSA) is 67.4 Å². The Bertz CT molecular complexity index is 697. The van der Waals surface area contributed by atoms with Gasteiger partial charge >= 0.3 is 0 Å². The second-order valence-electron chi connectivity index (χ2n) is 4.83. The molecule has 0 aliphatic heterocycles. The van der Waals surface area contributed by atoms with Gasteiger partial charge in [-0.05, 0) is 31.2 Å². The van der Waals surface area contributed by atoms with E-state index in [1.807, 2.05) is 6.07 Å². The summed E-state index contributed by atoms with van der Waals surface area (Å²) in [6.45, 7) is 1.57. The van der Waals surface area contributed by atoms with Gasteiger partial charge in [0.25, 0.3) is 5.91 Å². The zero-order valence-electron chi connectivity index (χ0n) is 13.0. The van der Waals surface area contributed by atoms with Gasteiger partial charge in [-0.1, -0.05) is 30.3 Å². The Labute approximate surface area is 143 Å². The fraction of sp³-hybridized carbons (Fsp3) is 0.176. The van der Waals surface area contributed by atoms with E-state index in [2.05, 4.69) is 10.9 Å². The zero-order chi connectivity index (χ0) is 17.4. The number of hydrogen-bond donors (Lipinski definition) is 2. The highest BCUT2D eigenvalue weighted by molar-refractivity contribution is 8.00. The molecule has 0 aliphatic rings. The van der Waals surface area contributed by atoms with Crippen LogP contribution < -0.4 is 15.6 Å². The summed E-state index contributed by atoms with van der Waals surface area (Å²) >= 11 is 1.05. The lowest BCUT2D eigenvalue weighted by molar-refractivity contribution is -0.131. The summed E-state index contributed by atoms with van der Waals surface area (Å²) < 4.78 is 18.9. The predicted molar refractivity (Wildman–Crippen MR) is 89.9 cm³/mol. The number of ether oxygens (including phenoxy) is 1. The van der Waals surface area contributed by atoms with Gasteiger partial charge in [-0.2, -0.15) is 0 Å². The van der Waals surface area contributed by atoms with Crippen LogP contribution in [0.4, 0.5) is 4.39 Å². The molecule has 0 saturated carbocycles. The molecule has 7 heteroatoms. The number of carbonyl (C=O) groups is 2. The maximum atomic E-state index is 13.4. The van der Waals surface area contributed by atoms with Crippen molar-refractivity contribution in [3.63, 3.8) is 0 Å². The Morgan fingerprint density at radius 2 is 1.75 bits per heavy atom. The number of carbonyl (C=O) groups excluding carboxylic acids is 2. The van der Waals surface area contributed by atoms with Crippen molar-refractivity contribution >= 4 is 23.6 Å². The monoisotopic (exact) mass is 348 g/mol. The molecule has 1 unspecified atom stereocenters. The number of benzene rings is 2. The van der Waals surface area contributed by atoms with Crippen molar-refractivity contribution in [2.75, 3.05) is 5.75 Å². The summed E-state index contributed by atoms with van der Waals surface area (Å²) in [5.41, 5.74) is 4.56. The largest absolute Gasteiger partial charge is 0.481 e. The maximum absolute atomic E-state index is 13.4. The Hall–Kier alpha value is -2.54. The first-order valence-electron chi connectivity index (χ1n) is 7.24. The number of amides is 2. The number of rotatable bonds is 6. The molecule has 0 radical (unpaired) electrons. The Morgan fingerprint density at radius 3 is 2.46 bits per heavy atom. The van der Waals surface area contributed by atoms with Crippen LogP contribution in [0.25, 0.3) is 0 Å². The third kappa shape index (κ3) is 5.58. The first-order chi connectivity index (χ1) is 11.6. The normalized spacial score (nSPS) is 11.4. The Balaban J connectivity index is 1.73. The van der Waals surface area contributed by atoms with Crippen molar-refractivity contribution in [2.45, 2.75) is 17.9 Å². The molecule has 5 nitrogen and oxygen atoms in total. The number of hydrogen-bond acceptors (Lipinski definition) is 4. The van der Waals surface area contributed by atoms with Gasteiger partial charge in [0.1, 0.15) is 11.6 Å². The van der Waals surface area contributed by atoms with Crippen LogP contribution in [-0.4, -0.2) is 23.7 Å². The average Bonchev–Trinajstić information content (AvgIpc) is 2.59. The minimum Gasteiger partial charge on any atom is -0.481 e. The number of hydrazine groups is 1. The molecule has 1 atom stereocenters. The minimum atomic E-state index is -0.771. The van der Waals surface area contributed by atoms with Crippen LogP contribution in [-0.2, 0) is 9.59 Å². The van der Waals surface area contributed by atoms with Gasteiger partial charge in [0, 0.05) is 4.90 Å². The van der Waals surface area contributed by atoms with Crippen LogP contribution in [0.3, 0.4) is 0 Å². The van der Waals surface area contributed by atoms with Crippen LogP contribution in [0.15, 0.2) is 59.5 Å². The summed E-state index contributed by atoms with van der Waals surface area (Å²) in [6, 6.07) is 15.1. The molecule has 2 N–H and O–H groups in total. The van der Waals surface area contributed by atoms with Crippen molar-refractivity contribution in [3.8, 4) is 5.75 Å². The predicted octanol–water partition coefficient (Wildman–Crippen LogP) is 2.53. The summed E-state index contributed by atoms with van der Waals surface area (Å²) in [6.07, 6.45) is -0.771. The maximum Gasteiger partial charge on any atom is 0.279 e. The van der Waals surface area contributed by atoms with Gasteiger partial charge in [0.2, 0.25) is 5.91 Å². The quantitative estimate of drug-likeness (QED) is 0.622. The van der Waals surface area contributed by atoms with E-state index in [4.69, 9.17) is 4.74 Å². The highest BCUT2D eigenvalue weighted by Gasteiger charge is 2.15. The highest BCUT2D eigenvalue weighted by Crippen LogP contribution is 2.20. The van der Waals surface area contributed by atoms with Crippen molar-refractivity contribution in [3.05, 3.63) is 60.4 Å². The molecular weight excluding hydrogens is 331 g/mol. The number of para-hydroxylation sites is 1. The van der Waals surface area contributed by atoms with E-state index >= 15 is 0 Å². The number of halogens is 1. The van der Waals surface area contributed by atoms with Gasteiger partial charge in [-0.3, -0.25) is 20.4 Å². The lowest BCUT2D eigenvalue weighted by Gasteiger charge is -2.15. The smallest absolute Gasteiger partial charge is 0.279 e. The molecule has 0 fully saturated rings. The SMILES string of the molecule is CC(Oc1ccccc1)C(=O)NNC(=O)CSc1ccccc1F. The van der Waals surface area contributed by atoms with E-state index in [0.29, 0.717) is 10.6 Å².